The first kappa shape index (κ1) is 16.7. The topological polar surface area (TPSA) is 49.4 Å². The van der Waals surface area contributed by atoms with Crippen molar-refractivity contribution in [3.8, 4) is 0 Å². The Morgan fingerprint density at radius 1 is 1.30 bits per heavy atom. The van der Waals surface area contributed by atoms with Crippen molar-refractivity contribution in [3.63, 3.8) is 0 Å². The molecule has 1 rings (SSSR count). The molecule has 4 nitrogen and oxygen atoms in total. The molecule has 0 heterocycles. The van der Waals surface area contributed by atoms with E-state index < -0.39 is 0 Å². The van der Waals surface area contributed by atoms with Crippen LogP contribution in [0.5, 0.6) is 0 Å². The zero-order valence-electron chi connectivity index (χ0n) is 12.2. The Morgan fingerprint density at radius 2 is 2.00 bits per heavy atom. The monoisotopic (exact) mass is 340 g/mol. The molecule has 0 saturated carbocycles. The first-order valence-electron chi connectivity index (χ1n) is 6.75. The third-order valence-corrected chi connectivity index (χ3v) is 3.86. The summed E-state index contributed by atoms with van der Waals surface area (Å²) in [7, 11) is 0. The molecule has 0 radical (unpaired) electrons. The van der Waals surface area contributed by atoms with Crippen LogP contribution in [-0.2, 0) is 9.59 Å². The highest BCUT2D eigenvalue weighted by Gasteiger charge is 2.10. The van der Waals surface area contributed by atoms with Gasteiger partial charge in [0.25, 0.3) is 0 Å². The average Bonchev–Trinajstić information content (AvgIpc) is 2.38. The lowest BCUT2D eigenvalue weighted by molar-refractivity contribution is -0.129. The molecule has 1 aromatic rings. The molecule has 0 aliphatic heterocycles. The molecule has 0 aliphatic rings. The predicted octanol–water partition coefficient (Wildman–Crippen LogP) is 3.34. The number of anilines is 1. The summed E-state index contributed by atoms with van der Waals surface area (Å²) in [5, 5.41) is 2.84. The van der Waals surface area contributed by atoms with E-state index in [-0.39, 0.29) is 11.8 Å². The number of hydrogen-bond acceptors (Lipinski definition) is 2. The minimum Gasteiger partial charge on any atom is -0.342 e. The summed E-state index contributed by atoms with van der Waals surface area (Å²) in [6.07, 6.45) is 1.21. The lowest BCUT2D eigenvalue weighted by Crippen LogP contribution is -2.32. The highest BCUT2D eigenvalue weighted by molar-refractivity contribution is 9.10. The molecule has 0 fully saturated rings. The zero-order valence-corrected chi connectivity index (χ0v) is 13.8. The van der Waals surface area contributed by atoms with Gasteiger partial charge in [-0.1, -0.05) is 28.9 Å². The number of amides is 2. The molecular formula is C15H21BrN2O2. The van der Waals surface area contributed by atoms with Crippen molar-refractivity contribution in [3.05, 3.63) is 28.2 Å². The van der Waals surface area contributed by atoms with E-state index in [1.54, 1.807) is 4.90 Å². The van der Waals surface area contributed by atoms with Crippen LogP contribution in [0.25, 0.3) is 0 Å². The van der Waals surface area contributed by atoms with Crippen LogP contribution in [0.4, 0.5) is 5.69 Å². The largest absolute Gasteiger partial charge is 0.342 e. The fourth-order valence-electron chi connectivity index (χ4n) is 1.83. The second-order valence-electron chi connectivity index (χ2n) is 4.77. The molecular weight excluding hydrogens is 320 g/mol. The van der Waals surface area contributed by atoms with E-state index in [0.717, 1.165) is 22.1 Å². The lowest BCUT2D eigenvalue weighted by Gasteiger charge is -2.19. The van der Waals surface area contributed by atoms with Crippen LogP contribution in [0.2, 0.25) is 0 Å². The number of aryl methyl sites for hydroxylation is 1. The number of nitrogens with one attached hydrogen (secondary N) is 1. The van der Waals surface area contributed by atoms with Gasteiger partial charge >= 0.3 is 0 Å². The Bertz CT molecular complexity index is 489. The Kier molecular flexibility index (Phi) is 6.71. The van der Waals surface area contributed by atoms with Gasteiger partial charge in [-0.3, -0.25) is 9.59 Å². The van der Waals surface area contributed by atoms with Gasteiger partial charge in [0.2, 0.25) is 11.8 Å². The molecule has 110 valence electrons. The molecule has 20 heavy (non-hydrogen) atoms. The van der Waals surface area contributed by atoms with Crippen molar-refractivity contribution in [2.45, 2.75) is 33.6 Å². The molecule has 0 atom stereocenters. The molecule has 0 aromatic heterocycles. The van der Waals surface area contributed by atoms with Gasteiger partial charge in [-0.05, 0) is 31.0 Å². The number of benzene rings is 1. The highest BCUT2D eigenvalue weighted by Crippen LogP contribution is 2.20. The maximum Gasteiger partial charge on any atom is 0.226 e. The Labute approximate surface area is 128 Å². The maximum absolute atomic E-state index is 11.9. The van der Waals surface area contributed by atoms with Crippen molar-refractivity contribution < 1.29 is 9.59 Å². The fraction of sp³-hybridized carbons (Fsp3) is 0.467. The minimum atomic E-state index is -0.0805. The number of carbonyl (C=O) groups excluding carboxylic acids is 2. The quantitative estimate of drug-likeness (QED) is 0.863. The third kappa shape index (κ3) is 5.33. The smallest absolute Gasteiger partial charge is 0.226 e. The van der Waals surface area contributed by atoms with Crippen LogP contribution < -0.4 is 5.32 Å². The Hall–Kier alpha value is -1.36. The van der Waals surface area contributed by atoms with Gasteiger partial charge in [0.1, 0.15) is 0 Å². The van der Waals surface area contributed by atoms with Crippen molar-refractivity contribution in [2.24, 2.45) is 0 Å². The van der Waals surface area contributed by atoms with Crippen LogP contribution in [0.1, 0.15) is 32.3 Å². The van der Waals surface area contributed by atoms with E-state index in [0.29, 0.717) is 19.5 Å². The van der Waals surface area contributed by atoms with E-state index in [9.17, 15) is 9.59 Å². The van der Waals surface area contributed by atoms with Gasteiger partial charge in [-0.15, -0.1) is 0 Å². The summed E-state index contributed by atoms with van der Waals surface area (Å²) < 4.78 is 0.964. The SMILES string of the molecule is CCCN(CCC(=O)Nc1ccc(C)c(Br)c1)C(C)=O. The van der Waals surface area contributed by atoms with Crippen molar-refractivity contribution in [1.82, 2.24) is 4.90 Å². The zero-order chi connectivity index (χ0) is 15.1. The van der Waals surface area contributed by atoms with E-state index in [1.807, 2.05) is 32.0 Å². The third-order valence-electron chi connectivity index (χ3n) is 3.00. The summed E-state index contributed by atoms with van der Waals surface area (Å²) in [4.78, 5) is 24.9. The van der Waals surface area contributed by atoms with Crippen molar-refractivity contribution in [2.75, 3.05) is 18.4 Å². The normalized spacial score (nSPS) is 10.2. The summed E-state index contributed by atoms with van der Waals surface area (Å²) in [5.74, 6) is -0.0687. The molecule has 5 heteroatoms. The van der Waals surface area contributed by atoms with Crippen molar-refractivity contribution >= 4 is 33.4 Å². The molecule has 0 saturated heterocycles. The molecule has 0 spiro atoms. The Balaban J connectivity index is 2.50. The van der Waals surface area contributed by atoms with Gasteiger partial charge in [-0.25, -0.2) is 0 Å². The number of rotatable bonds is 6. The first-order chi connectivity index (χ1) is 9.43. The van der Waals surface area contributed by atoms with E-state index in [1.165, 1.54) is 6.92 Å². The van der Waals surface area contributed by atoms with Gasteiger partial charge in [-0.2, -0.15) is 0 Å². The van der Waals surface area contributed by atoms with E-state index in [4.69, 9.17) is 0 Å². The van der Waals surface area contributed by atoms with Gasteiger partial charge in [0, 0.05) is 36.6 Å². The maximum atomic E-state index is 11.9. The van der Waals surface area contributed by atoms with Crippen LogP contribution >= 0.6 is 15.9 Å². The molecule has 1 N–H and O–H groups in total. The number of nitrogens with zero attached hydrogens (tertiary/aromatic N) is 1. The number of carbonyl (C=O) groups is 2. The summed E-state index contributed by atoms with van der Waals surface area (Å²) in [5.41, 5.74) is 1.88. The van der Waals surface area contributed by atoms with Gasteiger partial charge in [0.15, 0.2) is 0 Å². The summed E-state index contributed by atoms with van der Waals surface area (Å²) in [6.45, 7) is 6.69. The predicted molar refractivity (Wildman–Crippen MR) is 84.7 cm³/mol. The molecule has 2 amide bonds. The number of hydrogen-bond donors (Lipinski definition) is 1. The van der Waals surface area contributed by atoms with Gasteiger partial charge < -0.3 is 10.2 Å². The molecule has 0 aliphatic carbocycles. The van der Waals surface area contributed by atoms with Crippen molar-refractivity contribution in [1.29, 1.82) is 0 Å². The fourth-order valence-corrected chi connectivity index (χ4v) is 2.21. The summed E-state index contributed by atoms with van der Waals surface area (Å²) >= 11 is 3.43. The van der Waals surface area contributed by atoms with Crippen LogP contribution in [-0.4, -0.2) is 29.8 Å². The van der Waals surface area contributed by atoms with Crippen LogP contribution in [0.15, 0.2) is 22.7 Å². The standard InChI is InChI=1S/C15H21BrN2O2/c1-4-8-18(12(3)19)9-7-15(20)17-13-6-5-11(2)14(16)10-13/h5-6,10H,4,7-9H2,1-3H3,(H,17,20). The second-order valence-corrected chi connectivity index (χ2v) is 5.62. The van der Waals surface area contributed by atoms with E-state index in [2.05, 4.69) is 21.2 Å². The van der Waals surface area contributed by atoms with Gasteiger partial charge in [0.05, 0.1) is 0 Å². The molecule has 0 bridgehead atoms. The molecule has 1 aromatic carbocycles. The summed E-state index contributed by atoms with van der Waals surface area (Å²) in [6, 6.07) is 5.69. The number of halogens is 1. The first-order valence-corrected chi connectivity index (χ1v) is 7.54. The second kappa shape index (κ2) is 8.04. The van der Waals surface area contributed by atoms with Crippen LogP contribution in [0, 0.1) is 6.92 Å². The highest BCUT2D eigenvalue weighted by atomic mass is 79.9. The minimum absolute atomic E-state index is 0.0118. The van der Waals surface area contributed by atoms with Crippen LogP contribution in [0.3, 0.4) is 0 Å². The lowest BCUT2D eigenvalue weighted by atomic mass is 10.2. The Morgan fingerprint density at radius 3 is 2.55 bits per heavy atom. The molecule has 0 unspecified atom stereocenters. The average molecular weight is 341 g/mol. The van der Waals surface area contributed by atoms with E-state index >= 15 is 0 Å².